The van der Waals surface area contributed by atoms with E-state index in [0.717, 1.165) is 12.2 Å². The van der Waals surface area contributed by atoms with Crippen molar-refractivity contribution in [1.82, 2.24) is 4.90 Å². The first-order valence-corrected chi connectivity index (χ1v) is 3.47. The maximum absolute atomic E-state index is 5.24. The Labute approximate surface area is 66.7 Å². The predicted molar refractivity (Wildman–Crippen MR) is 45.4 cm³/mol. The Morgan fingerprint density at radius 1 is 1.73 bits per heavy atom. The first-order valence-electron chi connectivity index (χ1n) is 3.47. The van der Waals surface area contributed by atoms with Crippen molar-refractivity contribution in [2.24, 2.45) is 4.99 Å². The maximum atomic E-state index is 5.24. The fourth-order valence-electron chi connectivity index (χ4n) is 1.01. The Balaban J connectivity index is 2.94. The fraction of sp³-hybridized carbons (Fsp3) is 0.375. The zero-order valence-electron chi connectivity index (χ0n) is 6.71. The maximum Gasteiger partial charge on any atom is 0.236 e. The van der Waals surface area contributed by atoms with Gasteiger partial charge in [-0.15, -0.1) is 0 Å². The van der Waals surface area contributed by atoms with Gasteiger partial charge in [0.25, 0.3) is 0 Å². The molecule has 1 aliphatic heterocycles. The molecule has 0 aliphatic carbocycles. The molecule has 0 aromatic rings. The lowest BCUT2D eigenvalue weighted by molar-refractivity contribution is 0.145. The molecular formula is C8H12N2O. The molecule has 0 bridgehead atoms. The van der Waals surface area contributed by atoms with Gasteiger partial charge < -0.3 is 9.64 Å². The van der Waals surface area contributed by atoms with Gasteiger partial charge in [0.1, 0.15) is 6.61 Å². The molecule has 60 valence electrons. The van der Waals surface area contributed by atoms with Crippen molar-refractivity contribution in [2.75, 3.05) is 20.2 Å². The Bertz CT molecular complexity index is 208. The third-order valence-electron chi connectivity index (χ3n) is 1.63. The van der Waals surface area contributed by atoms with Gasteiger partial charge in [0, 0.05) is 7.05 Å². The van der Waals surface area contributed by atoms with Gasteiger partial charge in [-0.1, -0.05) is 6.58 Å². The normalized spacial score (nSPS) is 17.7. The number of hydrogen-bond acceptors (Lipinski definition) is 3. The van der Waals surface area contributed by atoms with Crippen molar-refractivity contribution in [3.63, 3.8) is 0 Å². The van der Waals surface area contributed by atoms with E-state index in [9.17, 15) is 0 Å². The summed E-state index contributed by atoms with van der Waals surface area (Å²) in [6.45, 7) is 8.62. The molecule has 0 atom stereocenters. The van der Waals surface area contributed by atoms with Crippen molar-refractivity contribution in [3.05, 3.63) is 24.2 Å². The third kappa shape index (κ3) is 1.42. The number of allylic oxidation sites excluding steroid dienone is 1. The monoisotopic (exact) mass is 152 g/mol. The number of likely N-dealkylation sites (N-methyl/N-ethyl adjacent to an activating group) is 1. The van der Waals surface area contributed by atoms with Crippen LogP contribution in [0.3, 0.4) is 0 Å². The van der Waals surface area contributed by atoms with Crippen LogP contribution in [0.4, 0.5) is 0 Å². The van der Waals surface area contributed by atoms with Crippen LogP contribution >= 0.6 is 0 Å². The lowest BCUT2D eigenvalue weighted by atomic mass is 10.3. The van der Waals surface area contributed by atoms with E-state index < -0.39 is 0 Å². The average Bonchev–Trinajstić information content (AvgIpc) is 2.04. The molecule has 0 spiro atoms. The Morgan fingerprint density at radius 3 is 2.91 bits per heavy atom. The van der Waals surface area contributed by atoms with Crippen LogP contribution in [0, 0.1) is 0 Å². The van der Waals surface area contributed by atoms with E-state index >= 15 is 0 Å². The van der Waals surface area contributed by atoms with Crippen LogP contribution in [-0.4, -0.2) is 31.8 Å². The largest absolute Gasteiger partial charge is 0.474 e. The Morgan fingerprint density at radius 2 is 2.45 bits per heavy atom. The van der Waals surface area contributed by atoms with E-state index in [1.165, 1.54) is 0 Å². The fourth-order valence-corrected chi connectivity index (χ4v) is 1.01. The van der Waals surface area contributed by atoms with Crippen LogP contribution < -0.4 is 0 Å². The van der Waals surface area contributed by atoms with Crippen LogP contribution in [0.2, 0.25) is 0 Å². The predicted octanol–water partition coefficient (Wildman–Crippen LogP) is 1.00. The number of hydrogen-bond donors (Lipinski definition) is 0. The highest BCUT2D eigenvalue weighted by molar-refractivity contribution is 5.31. The minimum atomic E-state index is 0.578. The van der Waals surface area contributed by atoms with Gasteiger partial charge in [-0.25, -0.2) is 4.99 Å². The van der Waals surface area contributed by atoms with Crippen molar-refractivity contribution < 1.29 is 4.74 Å². The Hall–Kier alpha value is -1.25. The summed E-state index contributed by atoms with van der Waals surface area (Å²) in [5.74, 6) is 0.578. The lowest BCUT2D eigenvalue weighted by Gasteiger charge is -2.26. The van der Waals surface area contributed by atoms with E-state index in [2.05, 4.69) is 18.3 Å². The molecule has 0 saturated heterocycles. The van der Waals surface area contributed by atoms with Crippen molar-refractivity contribution >= 4 is 6.72 Å². The van der Waals surface area contributed by atoms with Crippen LogP contribution in [0.1, 0.15) is 0 Å². The molecule has 0 fully saturated rings. The van der Waals surface area contributed by atoms with Gasteiger partial charge >= 0.3 is 0 Å². The minimum Gasteiger partial charge on any atom is -0.474 e. The van der Waals surface area contributed by atoms with E-state index in [4.69, 9.17) is 4.74 Å². The summed E-state index contributed by atoms with van der Waals surface area (Å²) in [6.07, 6.45) is 1.73. The summed E-state index contributed by atoms with van der Waals surface area (Å²) in [4.78, 5) is 5.79. The van der Waals surface area contributed by atoms with Crippen LogP contribution in [0.5, 0.6) is 0 Å². The van der Waals surface area contributed by atoms with Gasteiger partial charge in [0.2, 0.25) is 5.88 Å². The van der Waals surface area contributed by atoms with Gasteiger partial charge in [-0.05, 0) is 12.8 Å². The van der Waals surface area contributed by atoms with E-state index in [1.807, 2.05) is 11.9 Å². The number of ether oxygens (including phenoxy) is 1. The average molecular weight is 152 g/mol. The number of aliphatic imine (C=N–C) groups is 1. The number of rotatable bonds is 2. The summed E-state index contributed by atoms with van der Waals surface area (Å²) in [5.41, 5.74) is 0.909. The van der Waals surface area contributed by atoms with Gasteiger partial charge in [-0.3, -0.25) is 0 Å². The molecule has 11 heavy (non-hydrogen) atoms. The second-order valence-corrected chi connectivity index (χ2v) is 2.32. The smallest absolute Gasteiger partial charge is 0.236 e. The van der Waals surface area contributed by atoms with Crippen molar-refractivity contribution in [1.29, 1.82) is 0 Å². The molecule has 0 radical (unpaired) electrons. The molecule has 0 saturated carbocycles. The van der Waals surface area contributed by atoms with E-state index in [-0.39, 0.29) is 0 Å². The summed E-state index contributed by atoms with van der Waals surface area (Å²) in [5, 5.41) is 0. The van der Waals surface area contributed by atoms with Gasteiger partial charge in [0.05, 0.1) is 12.2 Å². The van der Waals surface area contributed by atoms with Crippen LogP contribution in [0.15, 0.2) is 29.2 Å². The van der Waals surface area contributed by atoms with E-state index in [1.54, 1.807) is 6.08 Å². The van der Waals surface area contributed by atoms with Crippen LogP contribution in [-0.2, 0) is 4.74 Å². The lowest BCUT2D eigenvalue weighted by Crippen LogP contribution is -2.27. The minimum absolute atomic E-state index is 0.578. The van der Waals surface area contributed by atoms with Gasteiger partial charge in [0.15, 0.2) is 0 Å². The summed E-state index contributed by atoms with van der Waals surface area (Å²) in [6, 6.07) is 0. The topological polar surface area (TPSA) is 24.8 Å². The molecule has 0 unspecified atom stereocenters. The zero-order valence-corrected chi connectivity index (χ0v) is 6.71. The first kappa shape index (κ1) is 7.85. The molecule has 3 heteroatoms. The highest BCUT2D eigenvalue weighted by Gasteiger charge is 2.13. The molecule has 0 N–H and O–H groups in total. The molecule has 0 aromatic carbocycles. The molecule has 0 amide bonds. The summed E-state index contributed by atoms with van der Waals surface area (Å²) in [7, 11) is 1.98. The molecule has 0 aromatic heterocycles. The molecule has 3 nitrogen and oxygen atoms in total. The first-order chi connectivity index (χ1) is 5.29. The summed E-state index contributed by atoms with van der Waals surface area (Å²) < 4.78 is 5.24. The molecule has 1 rings (SSSR count). The highest BCUT2D eigenvalue weighted by atomic mass is 16.5. The molecule has 1 aliphatic rings. The standard InChI is InChI=1S/C8H12N2O/c1-4-7-8(9-2)11-6-5-10(7)3/h4H,1-2,5-6H2,3H3. The van der Waals surface area contributed by atoms with E-state index in [0.29, 0.717) is 12.5 Å². The number of nitrogens with zero attached hydrogens (tertiary/aromatic N) is 2. The highest BCUT2D eigenvalue weighted by Crippen LogP contribution is 2.16. The Kier molecular flexibility index (Phi) is 2.31. The van der Waals surface area contributed by atoms with Crippen LogP contribution in [0.25, 0.3) is 0 Å². The molecule has 1 heterocycles. The second-order valence-electron chi connectivity index (χ2n) is 2.32. The quantitative estimate of drug-likeness (QED) is 0.551. The van der Waals surface area contributed by atoms with Crippen molar-refractivity contribution in [2.45, 2.75) is 0 Å². The zero-order chi connectivity index (χ0) is 8.27. The SMILES string of the molecule is C=CC1=C(N=C)OCCN1C. The third-order valence-corrected chi connectivity index (χ3v) is 1.63. The van der Waals surface area contributed by atoms with Crippen molar-refractivity contribution in [3.8, 4) is 0 Å². The second kappa shape index (κ2) is 3.23. The molecular weight excluding hydrogens is 140 g/mol. The summed E-state index contributed by atoms with van der Waals surface area (Å²) >= 11 is 0. The van der Waals surface area contributed by atoms with Gasteiger partial charge in [-0.2, -0.15) is 0 Å².